The molecule has 0 radical (unpaired) electrons. The third kappa shape index (κ3) is 5.32. The molecule has 0 bridgehead atoms. The molecule has 1 fully saturated rings. The van der Waals surface area contributed by atoms with E-state index in [4.69, 9.17) is 0 Å². The van der Waals surface area contributed by atoms with Crippen molar-refractivity contribution < 1.29 is 9.59 Å². The summed E-state index contributed by atoms with van der Waals surface area (Å²) in [6.07, 6.45) is 7.10. The Bertz CT molecular complexity index is 525. The van der Waals surface area contributed by atoms with Crippen molar-refractivity contribution in [2.75, 3.05) is 13.6 Å². The lowest BCUT2D eigenvalue weighted by molar-refractivity contribution is -0.137. The number of hydrogen-bond donors (Lipinski definition) is 1. The quantitative estimate of drug-likeness (QED) is 0.835. The molecule has 1 aliphatic rings. The molecule has 1 saturated carbocycles. The van der Waals surface area contributed by atoms with Crippen LogP contribution in [0.3, 0.4) is 0 Å². The van der Waals surface area contributed by atoms with Gasteiger partial charge in [0.15, 0.2) is 0 Å². The van der Waals surface area contributed by atoms with Crippen LogP contribution in [0, 0.1) is 11.8 Å². The number of pyridine rings is 1. The monoisotopic (exact) mass is 331 g/mol. The minimum atomic E-state index is 0.0266. The van der Waals surface area contributed by atoms with Crippen LogP contribution >= 0.6 is 0 Å². The molecule has 0 unspecified atom stereocenters. The van der Waals surface area contributed by atoms with Gasteiger partial charge in [0.25, 0.3) is 0 Å². The first-order chi connectivity index (χ1) is 11.6. The number of hydrogen-bond acceptors (Lipinski definition) is 3. The van der Waals surface area contributed by atoms with Gasteiger partial charge in [0.2, 0.25) is 11.8 Å². The number of rotatable bonds is 7. The van der Waals surface area contributed by atoms with E-state index in [0.29, 0.717) is 6.54 Å². The summed E-state index contributed by atoms with van der Waals surface area (Å²) in [5.41, 5.74) is 0.868. The number of carbonyl (C=O) groups is 2. The van der Waals surface area contributed by atoms with E-state index in [0.717, 1.165) is 50.8 Å². The largest absolute Gasteiger partial charge is 0.350 e. The van der Waals surface area contributed by atoms with Gasteiger partial charge < -0.3 is 10.2 Å². The SMILES string of the molecule is CCCCN(C)C(=O)C1CCC(C(=O)NCc2ccccn2)CC1. The molecule has 0 atom stereocenters. The average Bonchev–Trinajstić information content (AvgIpc) is 2.64. The van der Waals surface area contributed by atoms with E-state index in [1.54, 1.807) is 6.20 Å². The van der Waals surface area contributed by atoms with Crippen LogP contribution in [0.4, 0.5) is 0 Å². The number of aromatic nitrogens is 1. The topological polar surface area (TPSA) is 62.3 Å². The third-order valence-electron chi connectivity index (χ3n) is 4.84. The maximum absolute atomic E-state index is 12.4. The first kappa shape index (κ1) is 18.4. The summed E-state index contributed by atoms with van der Waals surface area (Å²) in [6.45, 7) is 3.44. The fraction of sp³-hybridized carbons (Fsp3) is 0.632. The van der Waals surface area contributed by atoms with Gasteiger partial charge in [-0.25, -0.2) is 0 Å². The average molecular weight is 331 g/mol. The highest BCUT2D eigenvalue weighted by molar-refractivity contribution is 5.81. The second kappa shape index (κ2) is 9.40. The van der Waals surface area contributed by atoms with Crippen molar-refractivity contribution in [3.8, 4) is 0 Å². The number of nitrogens with zero attached hydrogens (tertiary/aromatic N) is 2. The molecular formula is C19H29N3O2. The van der Waals surface area contributed by atoms with Gasteiger partial charge in [0, 0.05) is 31.6 Å². The summed E-state index contributed by atoms with van der Waals surface area (Å²) in [6, 6.07) is 5.68. The molecular weight excluding hydrogens is 302 g/mol. The highest BCUT2D eigenvalue weighted by Crippen LogP contribution is 2.30. The van der Waals surface area contributed by atoms with Gasteiger partial charge in [-0.2, -0.15) is 0 Å². The normalized spacial score (nSPS) is 20.4. The first-order valence-corrected chi connectivity index (χ1v) is 9.04. The van der Waals surface area contributed by atoms with Crippen LogP contribution in [-0.4, -0.2) is 35.3 Å². The summed E-state index contributed by atoms with van der Waals surface area (Å²) < 4.78 is 0. The molecule has 0 aromatic carbocycles. The van der Waals surface area contributed by atoms with Gasteiger partial charge >= 0.3 is 0 Å². The molecule has 132 valence electrons. The fourth-order valence-electron chi connectivity index (χ4n) is 3.24. The number of amides is 2. The van der Waals surface area contributed by atoms with Crippen molar-refractivity contribution >= 4 is 11.8 Å². The smallest absolute Gasteiger partial charge is 0.225 e. The summed E-state index contributed by atoms with van der Waals surface area (Å²) in [5, 5.41) is 2.97. The van der Waals surface area contributed by atoms with Crippen LogP contribution in [0.1, 0.15) is 51.1 Å². The zero-order valence-corrected chi connectivity index (χ0v) is 14.8. The Morgan fingerprint density at radius 3 is 2.54 bits per heavy atom. The molecule has 24 heavy (non-hydrogen) atoms. The fourth-order valence-corrected chi connectivity index (χ4v) is 3.24. The van der Waals surface area contributed by atoms with Gasteiger partial charge in [-0.05, 0) is 44.2 Å². The van der Waals surface area contributed by atoms with E-state index >= 15 is 0 Å². The molecule has 0 saturated heterocycles. The van der Waals surface area contributed by atoms with E-state index in [9.17, 15) is 9.59 Å². The predicted octanol–water partition coefficient (Wildman–Crippen LogP) is 2.76. The Morgan fingerprint density at radius 1 is 1.21 bits per heavy atom. The minimum Gasteiger partial charge on any atom is -0.350 e. The Morgan fingerprint density at radius 2 is 1.92 bits per heavy atom. The van der Waals surface area contributed by atoms with Crippen molar-refractivity contribution in [2.45, 2.75) is 52.0 Å². The van der Waals surface area contributed by atoms with Gasteiger partial charge in [-0.15, -0.1) is 0 Å². The maximum Gasteiger partial charge on any atom is 0.225 e. The Hall–Kier alpha value is -1.91. The predicted molar refractivity (Wildman–Crippen MR) is 94.1 cm³/mol. The molecule has 0 spiro atoms. The molecule has 0 aliphatic heterocycles. The summed E-state index contributed by atoms with van der Waals surface area (Å²) >= 11 is 0. The van der Waals surface area contributed by atoms with Crippen molar-refractivity contribution in [2.24, 2.45) is 11.8 Å². The zero-order chi connectivity index (χ0) is 17.4. The highest BCUT2D eigenvalue weighted by Gasteiger charge is 2.31. The zero-order valence-electron chi connectivity index (χ0n) is 14.8. The van der Waals surface area contributed by atoms with Crippen LogP contribution in [0.5, 0.6) is 0 Å². The van der Waals surface area contributed by atoms with Crippen LogP contribution in [0.15, 0.2) is 24.4 Å². The van der Waals surface area contributed by atoms with Crippen molar-refractivity contribution in [1.82, 2.24) is 15.2 Å². The lowest BCUT2D eigenvalue weighted by Gasteiger charge is -2.30. The summed E-state index contributed by atoms with van der Waals surface area (Å²) in [5.74, 6) is 0.451. The highest BCUT2D eigenvalue weighted by atomic mass is 16.2. The number of nitrogens with one attached hydrogen (secondary N) is 1. The Balaban J connectivity index is 1.73. The van der Waals surface area contributed by atoms with Gasteiger partial charge in [-0.1, -0.05) is 19.4 Å². The summed E-state index contributed by atoms with van der Waals surface area (Å²) in [4.78, 5) is 30.8. The van der Waals surface area contributed by atoms with E-state index in [-0.39, 0.29) is 23.7 Å². The van der Waals surface area contributed by atoms with Gasteiger partial charge in [0.05, 0.1) is 12.2 Å². The molecule has 1 aromatic rings. The van der Waals surface area contributed by atoms with E-state index in [2.05, 4.69) is 17.2 Å². The van der Waals surface area contributed by atoms with Crippen LogP contribution in [-0.2, 0) is 16.1 Å². The number of unbranched alkanes of at least 4 members (excludes halogenated alkanes) is 1. The second-order valence-corrected chi connectivity index (χ2v) is 6.70. The molecule has 1 N–H and O–H groups in total. The van der Waals surface area contributed by atoms with Crippen molar-refractivity contribution in [3.05, 3.63) is 30.1 Å². The van der Waals surface area contributed by atoms with Crippen LogP contribution in [0.2, 0.25) is 0 Å². The second-order valence-electron chi connectivity index (χ2n) is 6.70. The molecule has 1 heterocycles. The van der Waals surface area contributed by atoms with Gasteiger partial charge in [-0.3, -0.25) is 14.6 Å². The van der Waals surface area contributed by atoms with Gasteiger partial charge in [0.1, 0.15) is 0 Å². The Labute approximate surface area is 144 Å². The van der Waals surface area contributed by atoms with E-state index in [1.807, 2.05) is 30.1 Å². The van der Waals surface area contributed by atoms with Crippen molar-refractivity contribution in [1.29, 1.82) is 0 Å². The van der Waals surface area contributed by atoms with Crippen LogP contribution < -0.4 is 5.32 Å². The molecule has 5 heteroatoms. The molecule has 1 aliphatic carbocycles. The molecule has 2 rings (SSSR count). The van der Waals surface area contributed by atoms with E-state index in [1.165, 1.54) is 0 Å². The Kier molecular flexibility index (Phi) is 7.22. The minimum absolute atomic E-state index is 0.0266. The maximum atomic E-state index is 12.4. The lowest BCUT2D eigenvalue weighted by Crippen LogP contribution is -2.38. The summed E-state index contributed by atoms with van der Waals surface area (Å²) in [7, 11) is 1.89. The molecule has 5 nitrogen and oxygen atoms in total. The number of carbonyl (C=O) groups excluding carboxylic acids is 2. The standard InChI is InChI=1S/C19H29N3O2/c1-3-4-13-22(2)19(24)16-10-8-15(9-11-16)18(23)21-14-17-7-5-6-12-20-17/h5-7,12,15-16H,3-4,8-11,13-14H2,1-2H3,(H,21,23). The molecule has 1 aromatic heterocycles. The lowest BCUT2D eigenvalue weighted by atomic mass is 9.81. The third-order valence-corrected chi connectivity index (χ3v) is 4.84. The van der Waals surface area contributed by atoms with Crippen LogP contribution in [0.25, 0.3) is 0 Å². The first-order valence-electron chi connectivity index (χ1n) is 9.04. The van der Waals surface area contributed by atoms with E-state index < -0.39 is 0 Å². The van der Waals surface area contributed by atoms with Crippen molar-refractivity contribution in [3.63, 3.8) is 0 Å². The molecule has 2 amide bonds.